The second-order valence-electron chi connectivity index (χ2n) is 6.53. The lowest BCUT2D eigenvalue weighted by Crippen LogP contribution is -2.36. The number of aryl methyl sites for hydroxylation is 1. The summed E-state index contributed by atoms with van der Waals surface area (Å²) in [6.45, 7) is 5.91. The second-order valence-corrected chi connectivity index (χ2v) is 6.53. The molecule has 20 heavy (non-hydrogen) atoms. The van der Waals surface area contributed by atoms with E-state index in [-0.39, 0.29) is 0 Å². The van der Waals surface area contributed by atoms with Crippen molar-refractivity contribution in [3.05, 3.63) is 29.3 Å². The molecule has 0 amide bonds. The maximum absolute atomic E-state index is 3.70. The van der Waals surface area contributed by atoms with Crippen LogP contribution in [-0.4, -0.2) is 25.7 Å². The van der Waals surface area contributed by atoms with Crippen LogP contribution in [0.15, 0.2) is 18.2 Å². The highest BCUT2D eigenvalue weighted by atomic mass is 15.1. The van der Waals surface area contributed by atoms with E-state index in [1.54, 1.807) is 5.56 Å². The van der Waals surface area contributed by atoms with Crippen LogP contribution in [0.3, 0.4) is 0 Å². The van der Waals surface area contributed by atoms with Gasteiger partial charge in [-0.25, -0.2) is 0 Å². The van der Waals surface area contributed by atoms with Gasteiger partial charge in [-0.15, -0.1) is 0 Å². The average molecular weight is 272 g/mol. The summed E-state index contributed by atoms with van der Waals surface area (Å²) in [6, 6.07) is 7.75. The quantitative estimate of drug-likeness (QED) is 0.903. The Bertz CT molecular complexity index is 429. The molecular formula is C18H28N2. The molecule has 0 radical (unpaired) electrons. The van der Waals surface area contributed by atoms with Crippen LogP contribution in [-0.2, 0) is 6.42 Å². The average Bonchev–Trinajstić information content (AvgIpc) is 2.49. The molecular weight excluding hydrogens is 244 g/mol. The molecule has 2 saturated heterocycles. The van der Waals surface area contributed by atoms with Crippen LogP contribution < -0.4 is 10.2 Å². The standard InChI is InChI=1S/C18H28N2/c1-15-8-9-18(20-11-5-2-6-12-20)16(13-15)14-17-7-3-4-10-19-17/h8-9,13,17,19H,2-7,10-12,14H2,1H3. The van der Waals surface area contributed by atoms with Gasteiger partial charge >= 0.3 is 0 Å². The first-order chi connectivity index (χ1) is 9.83. The molecule has 0 spiro atoms. The first-order valence-corrected chi connectivity index (χ1v) is 8.41. The minimum absolute atomic E-state index is 0.689. The predicted octanol–water partition coefficient (Wildman–Crippen LogP) is 3.67. The van der Waals surface area contributed by atoms with Crippen molar-refractivity contribution in [3.63, 3.8) is 0 Å². The van der Waals surface area contributed by atoms with Gasteiger partial charge in [0.15, 0.2) is 0 Å². The Morgan fingerprint density at radius 3 is 2.70 bits per heavy atom. The van der Waals surface area contributed by atoms with Crippen molar-refractivity contribution in [2.24, 2.45) is 0 Å². The van der Waals surface area contributed by atoms with Crippen LogP contribution in [0.4, 0.5) is 5.69 Å². The smallest absolute Gasteiger partial charge is 0.0399 e. The monoisotopic (exact) mass is 272 g/mol. The molecule has 0 bridgehead atoms. The molecule has 110 valence electrons. The fourth-order valence-corrected chi connectivity index (χ4v) is 3.68. The maximum atomic E-state index is 3.70. The van der Waals surface area contributed by atoms with Crippen LogP contribution in [0.1, 0.15) is 49.7 Å². The number of hydrogen-bond acceptors (Lipinski definition) is 2. The van der Waals surface area contributed by atoms with Gasteiger partial charge < -0.3 is 10.2 Å². The molecule has 3 rings (SSSR count). The van der Waals surface area contributed by atoms with Crippen LogP contribution in [0, 0.1) is 6.92 Å². The van der Waals surface area contributed by atoms with Gasteiger partial charge in [-0.2, -0.15) is 0 Å². The Kier molecular flexibility index (Phi) is 4.62. The van der Waals surface area contributed by atoms with Crippen molar-refractivity contribution in [1.29, 1.82) is 0 Å². The van der Waals surface area contributed by atoms with E-state index in [1.807, 2.05) is 0 Å². The van der Waals surface area contributed by atoms with Crippen molar-refractivity contribution in [1.82, 2.24) is 5.32 Å². The van der Waals surface area contributed by atoms with E-state index in [2.05, 4.69) is 35.3 Å². The number of rotatable bonds is 3. The molecule has 1 unspecified atom stereocenters. The van der Waals surface area contributed by atoms with Gasteiger partial charge in [-0.3, -0.25) is 0 Å². The van der Waals surface area contributed by atoms with E-state index < -0.39 is 0 Å². The fraction of sp³-hybridized carbons (Fsp3) is 0.667. The summed E-state index contributed by atoms with van der Waals surface area (Å²) in [4.78, 5) is 2.61. The number of piperidine rings is 2. The van der Waals surface area contributed by atoms with E-state index >= 15 is 0 Å². The predicted molar refractivity (Wildman–Crippen MR) is 86.6 cm³/mol. The molecule has 2 heterocycles. The zero-order valence-electron chi connectivity index (χ0n) is 12.8. The summed E-state index contributed by atoms with van der Waals surface area (Å²) in [6.07, 6.45) is 9.40. The highest BCUT2D eigenvalue weighted by molar-refractivity contribution is 5.55. The molecule has 2 aliphatic rings. The minimum Gasteiger partial charge on any atom is -0.371 e. The molecule has 1 N–H and O–H groups in total. The Balaban J connectivity index is 1.77. The summed E-state index contributed by atoms with van der Waals surface area (Å²) in [5.41, 5.74) is 4.46. The molecule has 1 aromatic rings. The second kappa shape index (κ2) is 6.62. The highest BCUT2D eigenvalue weighted by Gasteiger charge is 2.18. The Morgan fingerprint density at radius 1 is 1.10 bits per heavy atom. The van der Waals surface area contributed by atoms with Gasteiger partial charge in [0.2, 0.25) is 0 Å². The summed E-state index contributed by atoms with van der Waals surface area (Å²) in [5.74, 6) is 0. The van der Waals surface area contributed by atoms with Gasteiger partial charge in [0.25, 0.3) is 0 Å². The third kappa shape index (κ3) is 3.35. The first-order valence-electron chi connectivity index (χ1n) is 8.41. The summed E-state index contributed by atoms with van der Waals surface area (Å²) >= 11 is 0. The molecule has 0 saturated carbocycles. The van der Waals surface area contributed by atoms with E-state index in [4.69, 9.17) is 0 Å². The lowest BCUT2D eigenvalue weighted by molar-refractivity contribution is 0.399. The zero-order chi connectivity index (χ0) is 13.8. The van der Waals surface area contributed by atoms with Crippen LogP contribution >= 0.6 is 0 Å². The molecule has 2 nitrogen and oxygen atoms in total. The lowest BCUT2D eigenvalue weighted by atomic mass is 9.95. The summed E-state index contributed by atoms with van der Waals surface area (Å²) in [5, 5.41) is 3.70. The van der Waals surface area contributed by atoms with Crippen molar-refractivity contribution < 1.29 is 0 Å². The number of benzene rings is 1. The molecule has 1 atom stereocenters. The van der Waals surface area contributed by atoms with E-state index in [0.717, 1.165) is 0 Å². The van der Waals surface area contributed by atoms with E-state index in [1.165, 1.54) is 75.8 Å². The third-order valence-electron chi connectivity index (χ3n) is 4.81. The number of hydrogen-bond donors (Lipinski definition) is 1. The SMILES string of the molecule is Cc1ccc(N2CCCCC2)c(CC2CCCCN2)c1. The van der Waals surface area contributed by atoms with Gasteiger partial charge in [-0.05, 0) is 63.6 Å². The Morgan fingerprint density at radius 2 is 1.95 bits per heavy atom. The minimum atomic E-state index is 0.689. The number of nitrogens with one attached hydrogen (secondary N) is 1. The van der Waals surface area contributed by atoms with Gasteiger partial charge in [0.05, 0.1) is 0 Å². The normalized spacial score (nSPS) is 23.9. The Labute approximate surface area is 123 Å². The molecule has 0 aliphatic carbocycles. The van der Waals surface area contributed by atoms with Crippen LogP contribution in [0.25, 0.3) is 0 Å². The largest absolute Gasteiger partial charge is 0.371 e. The van der Waals surface area contributed by atoms with E-state index in [9.17, 15) is 0 Å². The van der Waals surface area contributed by atoms with Crippen LogP contribution in [0.5, 0.6) is 0 Å². The maximum Gasteiger partial charge on any atom is 0.0399 e. The summed E-state index contributed by atoms with van der Waals surface area (Å²) in [7, 11) is 0. The molecule has 2 fully saturated rings. The van der Waals surface area contributed by atoms with E-state index in [0.29, 0.717) is 6.04 Å². The third-order valence-corrected chi connectivity index (χ3v) is 4.81. The Hall–Kier alpha value is -1.02. The van der Waals surface area contributed by atoms with Crippen LogP contribution in [0.2, 0.25) is 0 Å². The molecule has 2 aliphatic heterocycles. The number of nitrogens with zero attached hydrogens (tertiary/aromatic N) is 1. The molecule has 1 aromatic carbocycles. The lowest BCUT2D eigenvalue weighted by Gasteiger charge is -2.32. The summed E-state index contributed by atoms with van der Waals surface area (Å²) < 4.78 is 0. The van der Waals surface area contributed by atoms with Crippen molar-refractivity contribution >= 4 is 5.69 Å². The van der Waals surface area contributed by atoms with Gasteiger partial charge in [0.1, 0.15) is 0 Å². The molecule has 2 heteroatoms. The zero-order valence-corrected chi connectivity index (χ0v) is 12.8. The van der Waals surface area contributed by atoms with Crippen molar-refractivity contribution in [3.8, 4) is 0 Å². The van der Waals surface area contributed by atoms with Gasteiger partial charge in [-0.1, -0.05) is 24.1 Å². The van der Waals surface area contributed by atoms with Crippen molar-refractivity contribution in [2.75, 3.05) is 24.5 Å². The van der Waals surface area contributed by atoms with Gasteiger partial charge in [0, 0.05) is 24.8 Å². The fourth-order valence-electron chi connectivity index (χ4n) is 3.68. The number of anilines is 1. The van der Waals surface area contributed by atoms with Crippen molar-refractivity contribution in [2.45, 2.75) is 57.9 Å². The topological polar surface area (TPSA) is 15.3 Å². The first kappa shape index (κ1) is 13.9. The highest BCUT2D eigenvalue weighted by Crippen LogP contribution is 2.27. The molecule has 0 aromatic heterocycles.